The van der Waals surface area contributed by atoms with Crippen LogP contribution >= 0.6 is 0 Å². The number of hydrogen-bond donors (Lipinski definition) is 2. The molecular weight excluding hydrogens is 236 g/mol. The molecule has 1 aliphatic heterocycles. The standard InChI is InChI=1S/C16H22N2O/c17-18-16(12-7-3-1-2-4-8-12)14-11-19-15-10-6-5-9-13(14)15/h5-7,9-10,14,16,18H,1-4,8,11,17H2. The van der Waals surface area contributed by atoms with Gasteiger partial charge in [0, 0.05) is 11.5 Å². The van der Waals surface area contributed by atoms with Gasteiger partial charge in [0.2, 0.25) is 0 Å². The fraction of sp³-hybridized carbons (Fsp3) is 0.500. The molecule has 0 saturated carbocycles. The molecule has 1 aromatic rings. The van der Waals surface area contributed by atoms with E-state index in [1.165, 1.54) is 36.8 Å². The fourth-order valence-corrected chi connectivity index (χ4v) is 3.27. The summed E-state index contributed by atoms with van der Waals surface area (Å²) in [5, 5.41) is 0. The van der Waals surface area contributed by atoms with E-state index >= 15 is 0 Å². The van der Waals surface area contributed by atoms with Gasteiger partial charge < -0.3 is 4.74 Å². The second-order valence-electron chi connectivity index (χ2n) is 5.48. The lowest BCUT2D eigenvalue weighted by atomic mass is 9.87. The second kappa shape index (κ2) is 5.76. The van der Waals surface area contributed by atoms with Crippen molar-refractivity contribution in [3.05, 3.63) is 41.5 Å². The lowest BCUT2D eigenvalue weighted by Gasteiger charge is -2.25. The summed E-state index contributed by atoms with van der Waals surface area (Å²) < 4.78 is 5.79. The van der Waals surface area contributed by atoms with Crippen molar-refractivity contribution in [2.45, 2.75) is 44.1 Å². The summed E-state index contributed by atoms with van der Waals surface area (Å²) in [6.45, 7) is 0.728. The number of hydrazine groups is 1. The summed E-state index contributed by atoms with van der Waals surface area (Å²) in [7, 11) is 0. The maximum Gasteiger partial charge on any atom is 0.122 e. The molecule has 3 heteroatoms. The van der Waals surface area contributed by atoms with Crippen molar-refractivity contribution in [3.63, 3.8) is 0 Å². The summed E-state index contributed by atoms with van der Waals surface area (Å²) in [6.07, 6.45) is 8.64. The molecule has 2 atom stereocenters. The highest BCUT2D eigenvalue weighted by Crippen LogP contribution is 2.38. The molecule has 3 nitrogen and oxygen atoms in total. The minimum Gasteiger partial charge on any atom is -0.493 e. The van der Waals surface area contributed by atoms with E-state index in [0.29, 0.717) is 5.92 Å². The Labute approximate surface area is 114 Å². The SMILES string of the molecule is NNC(C1=CCCCCC1)C1COc2ccccc21. The van der Waals surface area contributed by atoms with Crippen LogP contribution in [0.1, 0.15) is 43.6 Å². The first kappa shape index (κ1) is 12.7. The van der Waals surface area contributed by atoms with E-state index < -0.39 is 0 Å². The molecule has 3 rings (SSSR count). The van der Waals surface area contributed by atoms with Crippen molar-refractivity contribution >= 4 is 0 Å². The van der Waals surface area contributed by atoms with E-state index in [4.69, 9.17) is 10.6 Å². The normalized spacial score (nSPS) is 24.1. The first-order valence-electron chi connectivity index (χ1n) is 7.27. The van der Waals surface area contributed by atoms with Gasteiger partial charge in [0.25, 0.3) is 0 Å². The Bertz CT molecular complexity index is 470. The van der Waals surface area contributed by atoms with Gasteiger partial charge in [-0.1, -0.05) is 36.3 Å². The Morgan fingerprint density at radius 3 is 3.00 bits per heavy atom. The number of nitrogens with one attached hydrogen (secondary N) is 1. The zero-order valence-corrected chi connectivity index (χ0v) is 11.3. The number of benzene rings is 1. The maximum atomic E-state index is 5.85. The number of hydrogen-bond acceptors (Lipinski definition) is 3. The van der Waals surface area contributed by atoms with Gasteiger partial charge in [-0.15, -0.1) is 0 Å². The van der Waals surface area contributed by atoms with E-state index in [1.807, 2.05) is 12.1 Å². The molecular formula is C16H22N2O. The number of ether oxygens (including phenoxy) is 1. The van der Waals surface area contributed by atoms with Crippen LogP contribution in [-0.2, 0) is 0 Å². The number of rotatable bonds is 3. The molecule has 2 aliphatic rings. The molecule has 102 valence electrons. The molecule has 3 N–H and O–H groups in total. The zero-order valence-electron chi connectivity index (χ0n) is 11.3. The molecule has 0 bridgehead atoms. The van der Waals surface area contributed by atoms with Gasteiger partial charge in [0.1, 0.15) is 5.75 Å². The topological polar surface area (TPSA) is 47.3 Å². The van der Waals surface area contributed by atoms with Gasteiger partial charge in [-0.2, -0.15) is 0 Å². The summed E-state index contributed by atoms with van der Waals surface area (Å²) in [5.41, 5.74) is 5.78. The quantitative estimate of drug-likeness (QED) is 0.498. The Kier molecular flexibility index (Phi) is 3.85. The highest BCUT2D eigenvalue weighted by atomic mass is 16.5. The van der Waals surface area contributed by atoms with Crippen LogP contribution in [0.4, 0.5) is 0 Å². The van der Waals surface area contributed by atoms with Crippen molar-refractivity contribution in [1.29, 1.82) is 0 Å². The van der Waals surface area contributed by atoms with Gasteiger partial charge in [-0.05, 0) is 31.7 Å². The summed E-state index contributed by atoms with van der Waals surface area (Å²) in [5.74, 6) is 7.20. The zero-order chi connectivity index (χ0) is 13.1. The van der Waals surface area contributed by atoms with Crippen molar-refractivity contribution < 1.29 is 4.74 Å². The minimum atomic E-state index is 0.210. The average Bonchev–Trinajstić information content (AvgIpc) is 2.69. The molecule has 0 saturated heterocycles. The third-order valence-corrected chi connectivity index (χ3v) is 4.29. The van der Waals surface area contributed by atoms with Crippen molar-refractivity contribution in [1.82, 2.24) is 5.43 Å². The molecule has 1 aliphatic carbocycles. The minimum absolute atomic E-state index is 0.210. The number of fused-ring (bicyclic) bond motifs is 1. The lowest BCUT2D eigenvalue weighted by molar-refractivity contribution is 0.308. The molecule has 0 fully saturated rings. The van der Waals surface area contributed by atoms with Crippen LogP contribution in [0.5, 0.6) is 5.75 Å². The van der Waals surface area contributed by atoms with Crippen LogP contribution in [0.25, 0.3) is 0 Å². The number of para-hydroxylation sites is 1. The summed E-state index contributed by atoms with van der Waals surface area (Å²) >= 11 is 0. The molecule has 1 aromatic carbocycles. The van der Waals surface area contributed by atoms with Gasteiger partial charge >= 0.3 is 0 Å². The van der Waals surface area contributed by atoms with E-state index in [2.05, 4.69) is 23.6 Å². The van der Waals surface area contributed by atoms with E-state index in [9.17, 15) is 0 Å². The average molecular weight is 258 g/mol. The van der Waals surface area contributed by atoms with E-state index in [1.54, 1.807) is 0 Å². The van der Waals surface area contributed by atoms with Crippen molar-refractivity contribution in [2.24, 2.45) is 5.84 Å². The maximum absolute atomic E-state index is 5.85. The van der Waals surface area contributed by atoms with Gasteiger partial charge in [0.15, 0.2) is 0 Å². The number of nitrogens with two attached hydrogens (primary N) is 1. The highest BCUT2D eigenvalue weighted by Gasteiger charge is 2.32. The molecule has 1 heterocycles. The van der Waals surface area contributed by atoms with Gasteiger partial charge in [-0.25, -0.2) is 0 Å². The molecule has 0 spiro atoms. The third kappa shape index (κ3) is 2.53. The predicted octanol–water partition coefficient (Wildman–Crippen LogP) is 2.89. The molecule has 0 radical (unpaired) electrons. The number of allylic oxidation sites excluding steroid dienone is 1. The Morgan fingerprint density at radius 1 is 1.21 bits per heavy atom. The Hall–Kier alpha value is -1.32. The van der Waals surface area contributed by atoms with E-state index in [0.717, 1.165) is 18.8 Å². The predicted molar refractivity (Wildman–Crippen MR) is 77.0 cm³/mol. The van der Waals surface area contributed by atoms with Crippen LogP contribution in [0, 0.1) is 0 Å². The van der Waals surface area contributed by atoms with Crippen molar-refractivity contribution in [2.75, 3.05) is 6.61 Å². The first-order valence-corrected chi connectivity index (χ1v) is 7.27. The molecule has 0 amide bonds. The highest BCUT2D eigenvalue weighted by molar-refractivity contribution is 5.42. The van der Waals surface area contributed by atoms with Crippen LogP contribution in [0.2, 0.25) is 0 Å². The monoisotopic (exact) mass is 258 g/mol. The van der Waals surface area contributed by atoms with Crippen molar-refractivity contribution in [3.8, 4) is 5.75 Å². The van der Waals surface area contributed by atoms with Gasteiger partial charge in [-0.3, -0.25) is 11.3 Å². The largest absolute Gasteiger partial charge is 0.493 e. The molecule has 0 aromatic heterocycles. The van der Waals surface area contributed by atoms with Crippen LogP contribution in [0.3, 0.4) is 0 Å². The van der Waals surface area contributed by atoms with Gasteiger partial charge in [0.05, 0.1) is 12.6 Å². The van der Waals surface area contributed by atoms with E-state index in [-0.39, 0.29) is 6.04 Å². The molecule has 19 heavy (non-hydrogen) atoms. The lowest BCUT2D eigenvalue weighted by Crippen LogP contribution is -2.41. The first-order chi connectivity index (χ1) is 9.40. The Morgan fingerprint density at radius 2 is 2.11 bits per heavy atom. The smallest absolute Gasteiger partial charge is 0.122 e. The van der Waals surface area contributed by atoms with Crippen LogP contribution in [-0.4, -0.2) is 12.6 Å². The molecule has 2 unspecified atom stereocenters. The van der Waals surface area contributed by atoms with Crippen LogP contribution < -0.4 is 16.0 Å². The summed E-state index contributed by atoms with van der Waals surface area (Å²) in [6, 6.07) is 8.52. The fourth-order valence-electron chi connectivity index (χ4n) is 3.27. The van der Waals surface area contributed by atoms with Crippen LogP contribution in [0.15, 0.2) is 35.9 Å². The Balaban J connectivity index is 1.85. The third-order valence-electron chi connectivity index (χ3n) is 4.29. The summed E-state index contributed by atoms with van der Waals surface area (Å²) in [4.78, 5) is 0. The second-order valence-corrected chi connectivity index (χ2v) is 5.48.